The van der Waals surface area contributed by atoms with Gasteiger partial charge in [-0.15, -0.1) is 0 Å². The predicted molar refractivity (Wildman–Crippen MR) is 73.5 cm³/mol. The van der Waals surface area contributed by atoms with E-state index in [4.69, 9.17) is 4.74 Å². The number of anilines is 1. The molecule has 1 amide bonds. The summed E-state index contributed by atoms with van der Waals surface area (Å²) in [5.74, 6) is 0.0153. The number of carbonyl (C=O) groups excluding carboxylic acids is 1. The van der Waals surface area contributed by atoms with E-state index in [0.717, 1.165) is 17.7 Å². The van der Waals surface area contributed by atoms with Crippen LogP contribution in [0.3, 0.4) is 0 Å². The van der Waals surface area contributed by atoms with Crippen molar-refractivity contribution in [3.8, 4) is 0 Å². The van der Waals surface area contributed by atoms with Gasteiger partial charge in [0.25, 0.3) is 0 Å². The second-order valence-corrected chi connectivity index (χ2v) is 4.36. The van der Waals surface area contributed by atoms with E-state index < -0.39 is 0 Å². The Balaban J connectivity index is 2.43. The monoisotopic (exact) mass is 250 g/mol. The molecule has 2 N–H and O–H groups in total. The van der Waals surface area contributed by atoms with Gasteiger partial charge in [0.15, 0.2) is 0 Å². The number of amides is 1. The number of carbonyl (C=O) groups is 1. The Kier molecular flexibility index (Phi) is 6.22. The van der Waals surface area contributed by atoms with E-state index in [1.54, 1.807) is 7.11 Å². The van der Waals surface area contributed by atoms with Crippen LogP contribution in [0.1, 0.15) is 25.8 Å². The van der Waals surface area contributed by atoms with E-state index in [-0.39, 0.29) is 11.9 Å². The zero-order valence-electron chi connectivity index (χ0n) is 11.3. The predicted octanol–water partition coefficient (Wildman–Crippen LogP) is 2.16. The van der Waals surface area contributed by atoms with Crippen molar-refractivity contribution in [1.82, 2.24) is 5.32 Å². The van der Waals surface area contributed by atoms with Crippen molar-refractivity contribution < 1.29 is 9.53 Å². The lowest BCUT2D eigenvalue weighted by Gasteiger charge is -2.12. The molecule has 0 aliphatic rings. The van der Waals surface area contributed by atoms with Crippen molar-refractivity contribution in [1.29, 1.82) is 0 Å². The van der Waals surface area contributed by atoms with Crippen molar-refractivity contribution in [3.63, 3.8) is 0 Å². The molecule has 0 aliphatic heterocycles. The zero-order chi connectivity index (χ0) is 13.4. The van der Waals surface area contributed by atoms with Gasteiger partial charge in [0, 0.05) is 18.8 Å². The van der Waals surface area contributed by atoms with Gasteiger partial charge in [-0.05, 0) is 31.0 Å². The maximum Gasteiger partial charge on any atom is 0.239 e. The van der Waals surface area contributed by atoms with Crippen LogP contribution in [0.2, 0.25) is 0 Å². The Morgan fingerprint density at radius 1 is 1.44 bits per heavy atom. The molecule has 100 valence electrons. The van der Waals surface area contributed by atoms with E-state index in [0.29, 0.717) is 13.2 Å². The Bertz CT molecular complexity index is 380. The van der Waals surface area contributed by atoms with Crippen molar-refractivity contribution >= 4 is 11.6 Å². The van der Waals surface area contributed by atoms with Gasteiger partial charge in [0.1, 0.15) is 0 Å². The highest BCUT2D eigenvalue weighted by Gasteiger charge is 2.05. The summed E-state index contributed by atoms with van der Waals surface area (Å²) in [6.07, 6.45) is 0.940. The highest BCUT2D eigenvalue weighted by molar-refractivity contribution is 5.80. The molecule has 1 aromatic rings. The van der Waals surface area contributed by atoms with Gasteiger partial charge in [-0.25, -0.2) is 0 Å². The Hall–Kier alpha value is -1.55. The summed E-state index contributed by atoms with van der Waals surface area (Å²) in [5, 5.41) is 6.02. The first-order valence-corrected chi connectivity index (χ1v) is 6.26. The first-order valence-electron chi connectivity index (χ1n) is 6.26. The largest absolute Gasteiger partial charge is 0.380 e. The average Bonchev–Trinajstić information content (AvgIpc) is 2.37. The van der Waals surface area contributed by atoms with Crippen LogP contribution in [0.15, 0.2) is 24.3 Å². The second-order valence-electron chi connectivity index (χ2n) is 4.36. The van der Waals surface area contributed by atoms with Gasteiger partial charge in [0.2, 0.25) is 5.91 Å². The summed E-state index contributed by atoms with van der Waals surface area (Å²) >= 11 is 0. The molecular weight excluding hydrogens is 228 g/mol. The summed E-state index contributed by atoms with van der Waals surface area (Å²) in [6, 6.07) is 8.09. The molecular formula is C14H22N2O2. The fraction of sp³-hybridized carbons (Fsp3) is 0.500. The third-order valence-corrected chi connectivity index (χ3v) is 2.71. The van der Waals surface area contributed by atoms with E-state index in [9.17, 15) is 4.79 Å². The quantitative estimate of drug-likeness (QED) is 0.779. The van der Waals surface area contributed by atoms with E-state index in [1.807, 2.05) is 38.1 Å². The zero-order valence-corrected chi connectivity index (χ0v) is 11.3. The molecule has 1 unspecified atom stereocenters. The number of methoxy groups -OCH3 is 1. The van der Waals surface area contributed by atoms with Gasteiger partial charge in [0.05, 0.1) is 13.2 Å². The molecule has 0 aromatic heterocycles. The minimum absolute atomic E-state index is 0.0153. The highest BCUT2D eigenvalue weighted by Crippen LogP contribution is 2.10. The van der Waals surface area contributed by atoms with E-state index in [2.05, 4.69) is 10.6 Å². The first kappa shape index (κ1) is 14.5. The number of nitrogens with one attached hydrogen (secondary N) is 2. The van der Waals surface area contributed by atoms with Crippen molar-refractivity contribution in [2.45, 2.75) is 32.9 Å². The van der Waals surface area contributed by atoms with Crippen molar-refractivity contribution in [3.05, 3.63) is 29.8 Å². The average molecular weight is 250 g/mol. The van der Waals surface area contributed by atoms with Crippen LogP contribution in [-0.4, -0.2) is 25.6 Å². The Morgan fingerprint density at radius 3 is 2.89 bits per heavy atom. The van der Waals surface area contributed by atoms with Gasteiger partial charge in [-0.1, -0.05) is 19.1 Å². The molecule has 0 aliphatic carbocycles. The smallest absolute Gasteiger partial charge is 0.239 e. The van der Waals surface area contributed by atoms with Crippen LogP contribution in [-0.2, 0) is 16.1 Å². The van der Waals surface area contributed by atoms with E-state index in [1.165, 1.54) is 0 Å². The Labute approximate surface area is 109 Å². The van der Waals surface area contributed by atoms with Crippen LogP contribution in [0.4, 0.5) is 5.69 Å². The normalized spacial score (nSPS) is 11.9. The third-order valence-electron chi connectivity index (χ3n) is 2.71. The van der Waals surface area contributed by atoms with Crippen LogP contribution in [0.5, 0.6) is 0 Å². The standard InChI is InChI=1S/C14H22N2O2/c1-4-11(2)16-14(17)9-15-13-7-5-6-12(8-13)10-18-3/h5-8,11,15H,4,9-10H2,1-3H3,(H,16,17). The van der Waals surface area contributed by atoms with Crippen LogP contribution < -0.4 is 10.6 Å². The van der Waals surface area contributed by atoms with Gasteiger partial charge < -0.3 is 15.4 Å². The molecule has 0 radical (unpaired) electrons. The SMILES string of the molecule is CCC(C)NC(=O)CNc1cccc(COC)c1. The number of hydrogen-bond donors (Lipinski definition) is 2. The molecule has 0 saturated heterocycles. The fourth-order valence-corrected chi connectivity index (χ4v) is 1.55. The lowest BCUT2D eigenvalue weighted by molar-refractivity contribution is -0.120. The minimum atomic E-state index is 0.0153. The van der Waals surface area contributed by atoms with Gasteiger partial charge in [-0.2, -0.15) is 0 Å². The molecule has 0 spiro atoms. The van der Waals surface area contributed by atoms with Crippen LogP contribution in [0.25, 0.3) is 0 Å². The van der Waals surface area contributed by atoms with Gasteiger partial charge in [-0.3, -0.25) is 4.79 Å². The maximum atomic E-state index is 11.6. The summed E-state index contributed by atoms with van der Waals surface area (Å²) < 4.78 is 5.07. The minimum Gasteiger partial charge on any atom is -0.380 e. The molecule has 1 aromatic carbocycles. The topological polar surface area (TPSA) is 50.4 Å². The van der Waals surface area contributed by atoms with Crippen LogP contribution >= 0.6 is 0 Å². The summed E-state index contributed by atoms with van der Waals surface area (Å²) in [6.45, 7) is 4.92. The number of hydrogen-bond acceptors (Lipinski definition) is 3. The molecule has 4 heteroatoms. The summed E-state index contributed by atoms with van der Waals surface area (Å²) in [7, 11) is 1.67. The molecule has 4 nitrogen and oxygen atoms in total. The van der Waals surface area contributed by atoms with E-state index >= 15 is 0 Å². The Morgan fingerprint density at radius 2 is 2.22 bits per heavy atom. The summed E-state index contributed by atoms with van der Waals surface area (Å²) in [5.41, 5.74) is 2.02. The van der Waals surface area contributed by atoms with Crippen LogP contribution in [0, 0.1) is 0 Å². The first-order chi connectivity index (χ1) is 8.65. The summed E-state index contributed by atoms with van der Waals surface area (Å²) in [4.78, 5) is 11.6. The lowest BCUT2D eigenvalue weighted by atomic mass is 10.2. The third kappa shape index (κ3) is 5.19. The number of benzene rings is 1. The van der Waals surface area contributed by atoms with Crippen molar-refractivity contribution in [2.24, 2.45) is 0 Å². The lowest BCUT2D eigenvalue weighted by Crippen LogP contribution is -2.36. The number of ether oxygens (including phenoxy) is 1. The number of rotatable bonds is 7. The molecule has 1 atom stereocenters. The fourth-order valence-electron chi connectivity index (χ4n) is 1.55. The maximum absolute atomic E-state index is 11.6. The molecule has 0 heterocycles. The molecule has 0 saturated carbocycles. The highest BCUT2D eigenvalue weighted by atomic mass is 16.5. The second kappa shape index (κ2) is 7.71. The van der Waals surface area contributed by atoms with Gasteiger partial charge >= 0.3 is 0 Å². The molecule has 18 heavy (non-hydrogen) atoms. The molecule has 0 fully saturated rings. The molecule has 0 bridgehead atoms. The molecule has 1 rings (SSSR count). The van der Waals surface area contributed by atoms with Crippen molar-refractivity contribution in [2.75, 3.05) is 19.0 Å².